The molecule has 0 aliphatic heterocycles. The fourth-order valence-electron chi connectivity index (χ4n) is 3.89. The molecule has 1 aliphatic rings. The number of nitrogens with zero attached hydrogens (tertiary/aromatic N) is 2. The van der Waals surface area contributed by atoms with Crippen LogP contribution in [0.1, 0.15) is 42.0 Å². The lowest BCUT2D eigenvalue weighted by Gasteiger charge is -2.29. The highest BCUT2D eigenvalue weighted by Gasteiger charge is 2.48. The van der Waals surface area contributed by atoms with Crippen molar-refractivity contribution in [3.63, 3.8) is 0 Å². The van der Waals surface area contributed by atoms with Gasteiger partial charge in [-0.15, -0.1) is 0 Å². The quantitative estimate of drug-likeness (QED) is 0.675. The number of hydroxylamine groups is 1. The van der Waals surface area contributed by atoms with Crippen LogP contribution < -0.4 is 5.48 Å². The van der Waals surface area contributed by atoms with Crippen molar-refractivity contribution in [2.24, 2.45) is 7.05 Å². The molecular weight excluding hydrogens is 297 g/mol. The maximum Gasteiger partial charge on any atom is 0.254 e. The molecule has 0 saturated heterocycles. The van der Waals surface area contributed by atoms with Crippen molar-refractivity contribution in [3.8, 4) is 0 Å². The predicted octanol–water partition coefficient (Wildman–Crippen LogP) is 2.58. The van der Waals surface area contributed by atoms with E-state index in [1.165, 1.54) is 6.07 Å². The smallest absolute Gasteiger partial charge is 0.254 e. The summed E-state index contributed by atoms with van der Waals surface area (Å²) in [6.07, 6.45) is 3.58. The van der Waals surface area contributed by atoms with Crippen LogP contribution in [0.15, 0.2) is 30.5 Å². The molecule has 1 aromatic carbocycles. The first-order valence-electron chi connectivity index (χ1n) is 7.67. The molecule has 1 aliphatic carbocycles. The Bertz CT molecular complexity index is 743. The van der Waals surface area contributed by atoms with Crippen molar-refractivity contribution in [1.82, 2.24) is 15.3 Å². The van der Waals surface area contributed by atoms with Gasteiger partial charge in [0, 0.05) is 24.9 Å². The van der Waals surface area contributed by atoms with Gasteiger partial charge in [-0.2, -0.15) is 5.10 Å². The Morgan fingerprint density at radius 2 is 2.26 bits per heavy atom. The zero-order chi connectivity index (χ0) is 16.6. The van der Waals surface area contributed by atoms with Crippen LogP contribution in [-0.4, -0.2) is 20.9 Å². The Hall–Kier alpha value is -2.21. The molecule has 1 aromatic heterocycles. The third-order valence-electron chi connectivity index (χ3n) is 5.11. The summed E-state index contributed by atoms with van der Waals surface area (Å²) >= 11 is 0. The van der Waals surface area contributed by atoms with Gasteiger partial charge in [-0.1, -0.05) is 12.1 Å². The first-order valence-corrected chi connectivity index (χ1v) is 7.67. The molecular formula is C17H20FN3O2. The maximum atomic E-state index is 14.0. The van der Waals surface area contributed by atoms with Crippen LogP contribution in [0.25, 0.3) is 0 Å². The monoisotopic (exact) mass is 317 g/mol. The summed E-state index contributed by atoms with van der Waals surface area (Å²) in [6.45, 7) is 1.68. The molecule has 0 bridgehead atoms. The minimum absolute atomic E-state index is 0.141. The second-order valence-electron chi connectivity index (χ2n) is 6.25. The summed E-state index contributed by atoms with van der Waals surface area (Å²) in [6, 6.07) is 6.72. The molecule has 2 N–H and O–H groups in total. The Labute approximate surface area is 134 Å². The van der Waals surface area contributed by atoms with Gasteiger partial charge < -0.3 is 0 Å². The fraction of sp³-hybridized carbons (Fsp3) is 0.412. The van der Waals surface area contributed by atoms with Crippen LogP contribution in [0.4, 0.5) is 4.39 Å². The Morgan fingerprint density at radius 1 is 1.48 bits per heavy atom. The number of hydrogen-bond acceptors (Lipinski definition) is 3. The third-order valence-corrected chi connectivity index (χ3v) is 5.11. The topological polar surface area (TPSA) is 67.2 Å². The average Bonchev–Trinajstić information content (AvgIpc) is 3.16. The number of nitrogens with one attached hydrogen (secondary N) is 1. The standard InChI is InChI=1S/C17H20FN3O2/c1-11-13(4-3-5-14(11)18)17(16(22)20-23)8-6-12(10-17)15-7-9-19-21(15)2/h3-5,7,9,12,23H,6,8,10H2,1-2H3,(H,20,22)/t12-,17+/m1/s1. The van der Waals surface area contributed by atoms with Gasteiger partial charge in [0.25, 0.3) is 5.91 Å². The molecule has 6 heteroatoms. The molecule has 1 amide bonds. The van der Waals surface area contributed by atoms with Gasteiger partial charge in [-0.3, -0.25) is 14.7 Å². The van der Waals surface area contributed by atoms with E-state index < -0.39 is 11.3 Å². The van der Waals surface area contributed by atoms with E-state index in [1.807, 2.05) is 13.1 Å². The van der Waals surface area contributed by atoms with Crippen LogP contribution in [-0.2, 0) is 17.3 Å². The lowest BCUT2D eigenvalue weighted by Crippen LogP contribution is -2.42. The van der Waals surface area contributed by atoms with Crippen molar-refractivity contribution in [2.45, 2.75) is 37.5 Å². The molecule has 122 valence electrons. The molecule has 1 saturated carbocycles. The second-order valence-corrected chi connectivity index (χ2v) is 6.25. The van der Waals surface area contributed by atoms with E-state index in [4.69, 9.17) is 0 Å². The Morgan fingerprint density at radius 3 is 2.91 bits per heavy atom. The van der Waals surface area contributed by atoms with Gasteiger partial charge in [0.15, 0.2) is 0 Å². The minimum atomic E-state index is -0.921. The van der Waals surface area contributed by atoms with Crippen molar-refractivity contribution in [3.05, 3.63) is 53.1 Å². The molecule has 3 rings (SSSR count). The van der Waals surface area contributed by atoms with E-state index in [9.17, 15) is 14.4 Å². The Balaban J connectivity index is 2.05. The van der Waals surface area contributed by atoms with E-state index in [1.54, 1.807) is 35.4 Å². The van der Waals surface area contributed by atoms with Crippen LogP contribution in [0, 0.1) is 12.7 Å². The molecule has 0 spiro atoms. The second kappa shape index (κ2) is 5.77. The number of aryl methyl sites for hydroxylation is 1. The summed E-state index contributed by atoms with van der Waals surface area (Å²) < 4.78 is 15.8. The van der Waals surface area contributed by atoms with E-state index in [2.05, 4.69) is 5.10 Å². The van der Waals surface area contributed by atoms with Crippen LogP contribution in [0.3, 0.4) is 0 Å². The van der Waals surface area contributed by atoms with Crippen molar-refractivity contribution in [1.29, 1.82) is 0 Å². The average molecular weight is 317 g/mol. The molecule has 23 heavy (non-hydrogen) atoms. The molecule has 0 radical (unpaired) electrons. The van der Waals surface area contributed by atoms with Crippen LogP contribution in [0.2, 0.25) is 0 Å². The van der Waals surface area contributed by atoms with Crippen molar-refractivity contribution >= 4 is 5.91 Å². The minimum Gasteiger partial charge on any atom is -0.289 e. The summed E-state index contributed by atoms with van der Waals surface area (Å²) in [5, 5.41) is 13.4. The number of hydrogen-bond donors (Lipinski definition) is 2. The summed E-state index contributed by atoms with van der Waals surface area (Å²) in [5.74, 6) is -0.671. The first kappa shape index (κ1) is 15.7. The maximum absolute atomic E-state index is 14.0. The fourth-order valence-corrected chi connectivity index (χ4v) is 3.89. The van der Waals surface area contributed by atoms with Crippen LogP contribution in [0.5, 0.6) is 0 Å². The summed E-state index contributed by atoms with van der Waals surface area (Å²) in [5.41, 5.74) is 3.02. The number of rotatable bonds is 3. The molecule has 1 heterocycles. The van der Waals surface area contributed by atoms with Crippen LogP contribution >= 0.6 is 0 Å². The SMILES string of the molecule is Cc1c(F)cccc1[C@]1(C(=O)NO)CC[C@@H](c2ccnn2C)C1. The highest BCUT2D eigenvalue weighted by molar-refractivity contribution is 5.88. The number of carbonyl (C=O) groups excluding carboxylic acids is 1. The van der Waals surface area contributed by atoms with Gasteiger partial charge in [0.05, 0.1) is 5.41 Å². The summed E-state index contributed by atoms with van der Waals surface area (Å²) in [7, 11) is 1.87. The molecule has 0 unspecified atom stereocenters. The molecule has 1 fully saturated rings. The van der Waals surface area contributed by atoms with E-state index in [-0.39, 0.29) is 11.7 Å². The van der Waals surface area contributed by atoms with Crippen molar-refractivity contribution in [2.75, 3.05) is 0 Å². The van der Waals surface area contributed by atoms with Gasteiger partial charge in [-0.05, 0) is 49.4 Å². The highest BCUT2D eigenvalue weighted by atomic mass is 19.1. The van der Waals surface area contributed by atoms with Gasteiger partial charge in [-0.25, -0.2) is 9.87 Å². The lowest BCUT2D eigenvalue weighted by atomic mass is 9.75. The molecule has 5 nitrogen and oxygen atoms in total. The number of halogens is 1. The number of carbonyl (C=O) groups is 1. The highest BCUT2D eigenvalue weighted by Crippen LogP contribution is 2.49. The predicted molar refractivity (Wildman–Crippen MR) is 82.5 cm³/mol. The molecule has 2 aromatic rings. The zero-order valence-electron chi connectivity index (χ0n) is 13.2. The number of aromatic nitrogens is 2. The Kier molecular flexibility index (Phi) is 3.93. The number of amides is 1. The normalized spacial score (nSPS) is 23.9. The van der Waals surface area contributed by atoms with Gasteiger partial charge in [0.1, 0.15) is 5.82 Å². The third kappa shape index (κ3) is 2.43. The molecule has 2 atom stereocenters. The lowest BCUT2D eigenvalue weighted by molar-refractivity contribution is -0.135. The van der Waals surface area contributed by atoms with Gasteiger partial charge >= 0.3 is 0 Å². The number of benzene rings is 1. The first-order chi connectivity index (χ1) is 11.0. The van der Waals surface area contributed by atoms with E-state index >= 15 is 0 Å². The largest absolute Gasteiger partial charge is 0.289 e. The van der Waals surface area contributed by atoms with E-state index in [0.717, 1.165) is 12.1 Å². The zero-order valence-corrected chi connectivity index (χ0v) is 13.2. The summed E-state index contributed by atoms with van der Waals surface area (Å²) in [4.78, 5) is 12.5. The van der Waals surface area contributed by atoms with Gasteiger partial charge in [0.2, 0.25) is 0 Å². The van der Waals surface area contributed by atoms with Crippen molar-refractivity contribution < 1.29 is 14.4 Å². The van der Waals surface area contributed by atoms with E-state index in [0.29, 0.717) is 24.0 Å².